The molecule has 1 heterocycles. The maximum absolute atomic E-state index is 6.02. The van der Waals surface area contributed by atoms with Gasteiger partial charge in [0.15, 0.2) is 0 Å². The molecule has 0 aliphatic carbocycles. The highest BCUT2D eigenvalue weighted by Gasteiger charge is 2.15. The lowest BCUT2D eigenvalue weighted by atomic mass is 10.2. The van der Waals surface area contributed by atoms with Crippen LogP contribution in [0.3, 0.4) is 0 Å². The van der Waals surface area contributed by atoms with Crippen LogP contribution in [0.4, 0.5) is 0 Å². The third-order valence-corrected chi connectivity index (χ3v) is 2.54. The Bertz CT molecular complexity index is 559. The number of terminal acetylenes is 1. The molecular formula is C12H10ClN3O. The van der Waals surface area contributed by atoms with Gasteiger partial charge in [-0.1, -0.05) is 28.9 Å². The highest BCUT2D eigenvalue weighted by molar-refractivity contribution is 6.33. The molecule has 5 heteroatoms. The van der Waals surface area contributed by atoms with Gasteiger partial charge in [-0.2, -0.15) is 4.98 Å². The summed E-state index contributed by atoms with van der Waals surface area (Å²) in [7, 11) is 0. The summed E-state index contributed by atoms with van der Waals surface area (Å²) in [6, 6.07) is 6.80. The first-order chi connectivity index (χ1) is 8.22. The minimum Gasteiger partial charge on any atom is -0.337 e. The molecule has 0 amide bonds. The molecule has 0 saturated heterocycles. The number of benzene rings is 1. The maximum atomic E-state index is 6.02. The fraction of sp³-hybridized carbons (Fsp3) is 0.167. The first-order valence-electron chi connectivity index (χ1n) is 5.00. The monoisotopic (exact) mass is 247 g/mol. The Labute approximate surface area is 104 Å². The minimum atomic E-state index is -0.441. The Morgan fingerprint density at radius 3 is 2.94 bits per heavy atom. The van der Waals surface area contributed by atoms with Crippen LogP contribution in [0.2, 0.25) is 5.02 Å². The van der Waals surface area contributed by atoms with E-state index in [-0.39, 0.29) is 0 Å². The quantitative estimate of drug-likeness (QED) is 0.846. The zero-order chi connectivity index (χ0) is 12.3. The third-order valence-electron chi connectivity index (χ3n) is 2.21. The van der Waals surface area contributed by atoms with Crippen molar-refractivity contribution in [2.75, 3.05) is 0 Å². The summed E-state index contributed by atoms with van der Waals surface area (Å²) in [6.07, 6.45) is 5.52. The molecule has 1 aromatic carbocycles. The van der Waals surface area contributed by atoms with Crippen molar-refractivity contribution >= 4 is 11.6 Å². The molecule has 0 bridgehead atoms. The molecule has 2 N–H and O–H groups in total. The van der Waals surface area contributed by atoms with Crippen molar-refractivity contribution in [3.8, 4) is 23.7 Å². The molecule has 4 nitrogen and oxygen atoms in total. The zero-order valence-electron chi connectivity index (χ0n) is 8.93. The summed E-state index contributed by atoms with van der Waals surface area (Å²) in [5.74, 6) is 3.18. The molecule has 0 radical (unpaired) electrons. The molecule has 0 aliphatic heterocycles. The highest BCUT2D eigenvalue weighted by Crippen LogP contribution is 2.25. The number of rotatable bonds is 3. The number of aromatic nitrogens is 2. The second-order valence-electron chi connectivity index (χ2n) is 3.45. The first kappa shape index (κ1) is 11.6. The largest absolute Gasteiger partial charge is 0.337 e. The number of nitrogens with zero attached hydrogens (tertiary/aromatic N) is 2. The van der Waals surface area contributed by atoms with Crippen LogP contribution < -0.4 is 5.73 Å². The Hall–Kier alpha value is -1.83. The molecule has 1 unspecified atom stereocenters. The van der Waals surface area contributed by atoms with Gasteiger partial charge in [-0.05, 0) is 12.1 Å². The number of nitrogens with two attached hydrogens (primary N) is 1. The smallest absolute Gasteiger partial charge is 0.244 e. The number of hydrogen-bond donors (Lipinski definition) is 1. The van der Waals surface area contributed by atoms with Crippen molar-refractivity contribution in [1.29, 1.82) is 0 Å². The van der Waals surface area contributed by atoms with Crippen molar-refractivity contribution < 1.29 is 4.52 Å². The summed E-state index contributed by atoms with van der Waals surface area (Å²) in [6.45, 7) is 0. The predicted octanol–water partition coefficient (Wildman–Crippen LogP) is 2.41. The zero-order valence-corrected chi connectivity index (χ0v) is 9.69. The molecule has 0 fully saturated rings. The van der Waals surface area contributed by atoms with Crippen LogP contribution in [0, 0.1) is 12.3 Å². The number of halogens is 1. The van der Waals surface area contributed by atoms with Gasteiger partial charge < -0.3 is 10.3 Å². The topological polar surface area (TPSA) is 64.9 Å². The number of hydrogen-bond acceptors (Lipinski definition) is 4. The van der Waals surface area contributed by atoms with E-state index in [4.69, 9.17) is 28.3 Å². The molecule has 0 saturated carbocycles. The van der Waals surface area contributed by atoms with Gasteiger partial charge in [0, 0.05) is 12.0 Å². The summed E-state index contributed by atoms with van der Waals surface area (Å²) >= 11 is 6.02. The Morgan fingerprint density at radius 2 is 2.24 bits per heavy atom. The van der Waals surface area contributed by atoms with Gasteiger partial charge in [-0.25, -0.2) is 0 Å². The van der Waals surface area contributed by atoms with Crippen LogP contribution in [-0.4, -0.2) is 10.1 Å². The Balaban J connectivity index is 2.31. The van der Waals surface area contributed by atoms with Crippen molar-refractivity contribution in [2.24, 2.45) is 5.73 Å². The second-order valence-corrected chi connectivity index (χ2v) is 3.86. The van der Waals surface area contributed by atoms with Gasteiger partial charge in [0.1, 0.15) is 0 Å². The minimum absolute atomic E-state index is 0.317. The molecule has 1 aromatic heterocycles. The lowest BCUT2D eigenvalue weighted by molar-refractivity contribution is 0.357. The fourth-order valence-corrected chi connectivity index (χ4v) is 1.57. The van der Waals surface area contributed by atoms with Crippen molar-refractivity contribution in [2.45, 2.75) is 12.5 Å². The lowest BCUT2D eigenvalue weighted by Crippen LogP contribution is -2.09. The SMILES string of the molecule is C#CCC(N)c1nc(-c2ccccc2Cl)no1. The van der Waals surface area contributed by atoms with E-state index < -0.39 is 6.04 Å². The van der Waals surface area contributed by atoms with Crippen LogP contribution in [0.5, 0.6) is 0 Å². The van der Waals surface area contributed by atoms with E-state index in [0.29, 0.717) is 28.7 Å². The van der Waals surface area contributed by atoms with Crippen LogP contribution in [0.25, 0.3) is 11.4 Å². The predicted molar refractivity (Wildman–Crippen MR) is 65.1 cm³/mol. The second kappa shape index (κ2) is 5.00. The first-order valence-corrected chi connectivity index (χ1v) is 5.37. The van der Waals surface area contributed by atoms with Crippen molar-refractivity contribution in [1.82, 2.24) is 10.1 Å². The highest BCUT2D eigenvalue weighted by atomic mass is 35.5. The van der Waals surface area contributed by atoms with Gasteiger partial charge in [0.25, 0.3) is 0 Å². The third kappa shape index (κ3) is 2.47. The summed E-state index contributed by atoms with van der Waals surface area (Å²) in [5, 5.41) is 4.39. The molecule has 1 atom stereocenters. The summed E-state index contributed by atoms with van der Waals surface area (Å²) < 4.78 is 5.05. The van der Waals surface area contributed by atoms with Crippen molar-refractivity contribution in [3.05, 3.63) is 35.2 Å². The van der Waals surface area contributed by atoms with E-state index in [1.165, 1.54) is 0 Å². The van der Waals surface area contributed by atoms with E-state index in [1.807, 2.05) is 18.2 Å². The van der Waals surface area contributed by atoms with Gasteiger partial charge in [0.05, 0.1) is 11.1 Å². The van der Waals surface area contributed by atoms with Gasteiger partial charge >= 0.3 is 0 Å². The molecular weight excluding hydrogens is 238 g/mol. The molecule has 17 heavy (non-hydrogen) atoms. The summed E-state index contributed by atoms with van der Waals surface area (Å²) in [5.41, 5.74) is 6.47. The van der Waals surface area contributed by atoms with Crippen LogP contribution in [-0.2, 0) is 0 Å². The molecule has 86 valence electrons. The standard InChI is InChI=1S/C12H10ClN3O/c1-2-5-10(14)12-15-11(16-17-12)8-6-3-4-7-9(8)13/h1,3-4,6-7,10H,5,14H2. The van der Waals surface area contributed by atoms with E-state index in [1.54, 1.807) is 6.07 Å². The van der Waals surface area contributed by atoms with Crippen LogP contribution >= 0.6 is 11.6 Å². The van der Waals surface area contributed by atoms with E-state index in [9.17, 15) is 0 Å². The van der Waals surface area contributed by atoms with Crippen LogP contribution in [0.15, 0.2) is 28.8 Å². The van der Waals surface area contributed by atoms with Crippen molar-refractivity contribution in [3.63, 3.8) is 0 Å². The average molecular weight is 248 g/mol. The van der Waals surface area contributed by atoms with Gasteiger partial charge in [-0.15, -0.1) is 12.3 Å². The molecule has 0 spiro atoms. The van der Waals surface area contributed by atoms with E-state index in [2.05, 4.69) is 16.1 Å². The van der Waals surface area contributed by atoms with Gasteiger partial charge in [0.2, 0.25) is 11.7 Å². The molecule has 2 rings (SSSR count). The fourth-order valence-electron chi connectivity index (χ4n) is 1.35. The molecule has 0 aliphatic rings. The average Bonchev–Trinajstić information content (AvgIpc) is 2.79. The molecule has 2 aromatic rings. The van der Waals surface area contributed by atoms with E-state index in [0.717, 1.165) is 0 Å². The maximum Gasteiger partial charge on any atom is 0.244 e. The normalized spacial score (nSPS) is 12.1. The summed E-state index contributed by atoms with van der Waals surface area (Å²) in [4.78, 5) is 4.18. The van der Waals surface area contributed by atoms with Gasteiger partial charge in [-0.3, -0.25) is 0 Å². The van der Waals surface area contributed by atoms with E-state index >= 15 is 0 Å². The van der Waals surface area contributed by atoms with Crippen LogP contribution in [0.1, 0.15) is 18.4 Å². The lowest BCUT2D eigenvalue weighted by Gasteiger charge is -1.99. The Morgan fingerprint density at radius 1 is 1.47 bits per heavy atom. The Kier molecular flexibility index (Phi) is 3.43.